The molecule has 1 aromatic rings. The number of primary amides is 1. The van der Waals surface area contributed by atoms with E-state index >= 15 is 0 Å². The fourth-order valence-corrected chi connectivity index (χ4v) is 0.800. The van der Waals surface area contributed by atoms with E-state index in [1.807, 2.05) is 0 Å². The number of rotatable bonds is 3. The molecular weight excluding hydrogens is 172 g/mol. The fourth-order valence-electron chi connectivity index (χ4n) is 0.800. The number of nitrogens with zero attached hydrogens (tertiary/aromatic N) is 2. The van der Waals surface area contributed by atoms with E-state index in [1.165, 1.54) is 18.3 Å². The Morgan fingerprint density at radius 2 is 2.38 bits per heavy atom. The smallest absolute Gasteiger partial charge is 0.242 e. The van der Waals surface area contributed by atoms with E-state index in [0.29, 0.717) is 0 Å². The summed E-state index contributed by atoms with van der Waals surface area (Å²) >= 11 is 0. The monoisotopic (exact) mass is 178 g/mol. The minimum atomic E-state index is -1.44. The van der Waals surface area contributed by atoms with Gasteiger partial charge in [-0.1, -0.05) is 0 Å². The molecule has 0 saturated heterocycles. The summed E-state index contributed by atoms with van der Waals surface area (Å²) in [6.45, 7) is 0. The van der Waals surface area contributed by atoms with Crippen molar-refractivity contribution in [2.45, 2.75) is 0 Å². The molecule has 0 aliphatic rings. The van der Waals surface area contributed by atoms with Crippen LogP contribution in [-0.2, 0) is 4.79 Å². The molecule has 0 radical (unpaired) electrons. The minimum absolute atomic E-state index is 0.102. The molecule has 3 N–H and O–H groups in total. The molecule has 0 aliphatic heterocycles. The SMILES string of the molecule is N#CC(C(N)=O)C(=O)c1ccn[nH]1. The van der Waals surface area contributed by atoms with Crippen molar-refractivity contribution in [2.24, 2.45) is 11.7 Å². The molecule has 0 bridgehead atoms. The lowest BCUT2D eigenvalue weighted by molar-refractivity contribution is -0.119. The number of Topliss-reactive ketones (excluding diaryl/α,β-unsaturated/α-hetero) is 1. The van der Waals surface area contributed by atoms with Gasteiger partial charge in [0.15, 0.2) is 5.92 Å². The number of carbonyl (C=O) groups is 2. The molecule has 1 rings (SSSR count). The average molecular weight is 178 g/mol. The summed E-state index contributed by atoms with van der Waals surface area (Å²) < 4.78 is 0. The normalized spacial score (nSPS) is 11.6. The van der Waals surface area contributed by atoms with Gasteiger partial charge in [0.1, 0.15) is 5.69 Å². The summed E-state index contributed by atoms with van der Waals surface area (Å²) in [7, 11) is 0. The van der Waals surface area contributed by atoms with Crippen molar-refractivity contribution < 1.29 is 9.59 Å². The highest BCUT2D eigenvalue weighted by Crippen LogP contribution is 2.04. The molecule has 0 saturated carbocycles. The Labute approximate surface area is 73.3 Å². The van der Waals surface area contributed by atoms with Crippen LogP contribution in [0.4, 0.5) is 0 Å². The van der Waals surface area contributed by atoms with E-state index in [0.717, 1.165) is 0 Å². The zero-order valence-electron chi connectivity index (χ0n) is 6.52. The number of H-pyrrole nitrogens is 1. The summed E-state index contributed by atoms with van der Waals surface area (Å²) in [5.41, 5.74) is 4.94. The van der Waals surface area contributed by atoms with Gasteiger partial charge in [0.05, 0.1) is 6.07 Å². The second kappa shape index (κ2) is 3.49. The number of nitrogens with two attached hydrogens (primary N) is 1. The molecule has 13 heavy (non-hydrogen) atoms. The second-order valence-electron chi connectivity index (χ2n) is 2.30. The van der Waals surface area contributed by atoms with Crippen LogP contribution in [0.3, 0.4) is 0 Å². The number of hydrogen-bond donors (Lipinski definition) is 2. The number of nitriles is 1. The number of ketones is 1. The predicted octanol–water partition coefficient (Wildman–Crippen LogP) is -0.783. The Balaban J connectivity index is 2.91. The quantitative estimate of drug-likeness (QED) is 0.466. The molecule has 0 spiro atoms. The van der Waals surface area contributed by atoms with E-state index < -0.39 is 17.6 Å². The number of carbonyl (C=O) groups excluding carboxylic acids is 2. The van der Waals surface area contributed by atoms with Crippen LogP contribution >= 0.6 is 0 Å². The first-order valence-electron chi connectivity index (χ1n) is 3.39. The van der Waals surface area contributed by atoms with Crippen LogP contribution in [0.1, 0.15) is 10.5 Å². The zero-order valence-corrected chi connectivity index (χ0v) is 6.52. The Bertz CT molecular complexity index is 362. The van der Waals surface area contributed by atoms with Crippen molar-refractivity contribution in [3.05, 3.63) is 18.0 Å². The molecule has 6 nitrogen and oxygen atoms in total. The second-order valence-corrected chi connectivity index (χ2v) is 2.30. The Morgan fingerprint density at radius 1 is 1.69 bits per heavy atom. The molecule has 1 unspecified atom stereocenters. The van der Waals surface area contributed by atoms with Crippen LogP contribution < -0.4 is 5.73 Å². The van der Waals surface area contributed by atoms with Crippen LogP contribution in [0.2, 0.25) is 0 Å². The highest BCUT2D eigenvalue weighted by atomic mass is 16.2. The third-order valence-corrected chi connectivity index (χ3v) is 1.44. The number of nitrogens with one attached hydrogen (secondary N) is 1. The van der Waals surface area contributed by atoms with Crippen molar-refractivity contribution in [1.29, 1.82) is 5.26 Å². The van der Waals surface area contributed by atoms with Crippen molar-refractivity contribution in [2.75, 3.05) is 0 Å². The molecule has 66 valence electrons. The van der Waals surface area contributed by atoms with Crippen LogP contribution in [0.25, 0.3) is 0 Å². The van der Waals surface area contributed by atoms with Gasteiger partial charge in [-0.3, -0.25) is 14.7 Å². The van der Waals surface area contributed by atoms with Crippen molar-refractivity contribution in [1.82, 2.24) is 10.2 Å². The molecule has 0 aliphatic carbocycles. The first kappa shape index (κ1) is 8.93. The highest BCUT2D eigenvalue weighted by Gasteiger charge is 2.25. The number of aromatic nitrogens is 2. The maximum atomic E-state index is 11.3. The maximum Gasteiger partial charge on any atom is 0.242 e. The lowest BCUT2D eigenvalue weighted by Crippen LogP contribution is -2.29. The third-order valence-electron chi connectivity index (χ3n) is 1.44. The van der Waals surface area contributed by atoms with Gasteiger partial charge in [-0.05, 0) is 6.07 Å². The molecule has 0 fully saturated rings. The Kier molecular flexibility index (Phi) is 2.40. The maximum absolute atomic E-state index is 11.3. The predicted molar refractivity (Wildman–Crippen MR) is 41.2 cm³/mol. The summed E-state index contributed by atoms with van der Waals surface area (Å²) in [6, 6.07) is 2.89. The first-order valence-corrected chi connectivity index (χ1v) is 3.39. The standard InChI is InChI=1S/C7H6N4O2/c8-3-4(7(9)13)6(12)5-1-2-10-11-5/h1-2,4H,(H2,9,13)(H,10,11). The van der Waals surface area contributed by atoms with Gasteiger partial charge in [0, 0.05) is 6.20 Å². The zero-order chi connectivity index (χ0) is 9.84. The molecule has 1 heterocycles. The van der Waals surface area contributed by atoms with Gasteiger partial charge in [-0.25, -0.2) is 0 Å². The third kappa shape index (κ3) is 1.70. The number of amides is 1. The Morgan fingerprint density at radius 3 is 2.77 bits per heavy atom. The van der Waals surface area contributed by atoms with Gasteiger partial charge >= 0.3 is 0 Å². The van der Waals surface area contributed by atoms with Gasteiger partial charge in [0.2, 0.25) is 11.7 Å². The lowest BCUT2D eigenvalue weighted by Gasteiger charge is -1.99. The molecule has 1 atom stereocenters. The molecule has 6 heteroatoms. The van der Waals surface area contributed by atoms with E-state index in [2.05, 4.69) is 10.2 Å². The fraction of sp³-hybridized carbons (Fsp3) is 0.143. The van der Waals surface area contributed by atoms with Crippen molar-refractivity contribution in [3.8, 4) is 6.07 Å². The summed E-state index contributed by atoms with van der Waals surface area (Å²) in [5.74, 6) is -3.06. The van der Waals surface area contributed by atoms with E-state index in [-0.39, 0.29) is 5.69 Å². The number of hydrogen-bond acceptors (Lipinski definition) is 4. The van der Waals surface area contributed by atoms with Gasteiger partial charge < -0.3 is 5.73 Å². The summed E-state index contributed by atoms with van der Waals surface area (Å²) in [5, 5.41) is 14.3. The van der Waals surface area contributed by atoms with Crippen LogP contribution in [0, 0.1) is 17.2 Å². The average Bonchev–Trinajstić information content (AvgIpc) is 2.56. The topological polar surface area (TPSA) is 113 Å². The molecule has 1 aromatic heterocycles. The van der Waals surface area contributed by atoms with Gasteiger partial charge in [-0.2, -0.15) is 10.4 Å². The van der Waals surface area contributed by atoms with Crippen molar-refractivity contribution in [3.63, 3.8) is 0 Å². The lowest BCUT2D eigenvalue weighted by atomic mass is 10.0. The molecule has 0 aromatic carbocycles. The highest BCUT2D eigenvalue weighted by molar-refractivity contribution is 6.10. The largest absolute Gasteiger partial charge is 0.368 e. The minimum Gasteiger partial charge on any atom is -0.368 e. The molecular formula is C7H6N4O2. The molecule has 1 amide bonds. The van der Waals surface area contributed by atoms with Crippen molar-refractivity contribution >= 4 is 11.7 Å². The van der Waals surface area contributed by atoms with Crippen LogP contribution in [-0.4, -0.2) is 21.9 Å². The van der Waals surface area contributed by atoms with E-state index in [9.17, 15) is 9.59 Å². The van der Waals surface area contributed by atoms with E-state index in [1.54, 1.807) is 0 Å². The number of aromatic amines is 1. The first-order chi connectivity index (χ1) is 6.16. The summed E-state index contributed by atoms with van der Waals surface area (Å²) in [4.78, 5) is 21.9. The van der Waals surface area contributed by atoms with Gasteiger partial charge in [0.25, 0.3) is 0 Å². The van der Waals surface area contributed by atoms with E-state index in [4.69, 9.17) is 11.0 Å². The van der Waals surface area contributed by atoms with Gasteiger partial charge in [-0.15, -0.1) is 0 Å². The van der Waals surface area contributed by atoms with Crippen LogP contribution in [0.15, 0.2) is 12.3 Å². The Hall–Kier alpha value is -2.16. The van der Waals surface area contributed by atoms with Crippen LogP contribution in [0.5, 0.6) is 0 Å². The summed E-state index contributed by atoms with van der Waals surface area (Å²) in [6.07, 6.45) is 1.35.